The number of carbonyl (C=O) groups is 2. The summed E-state index contributed by atoms with van der Waals surface area (Å²) < 4.78 is 0. The second kappa shape index (κ2) is 6.46. The molecule has 2 fully saturated rings. The molecule has 0 aromatic rings. The number of aliphatic carboxylic acids is 1. The van der Waals surface area contributed by atoms with Gasteiger partial charge in [-0.05, 0) is 39.0 Å². The van der Waals surface area contributed by atoms with Crippen molar-refractivity contribution in [3.05, 3.63) is 0 Å². The maximum Gasteiger partial charge on any atom is 0.318 e. The summed E-state index contributed by atoms with van der Waals surface area (Å²) in [6.45, 7) is 2.69. The molecule has 20 heavy (non-hydrogen) atoms. The molecule has 0 aromatic carbocycles. The molecule has 2 amide bonds. The molecule has 0 unspecified atom stereocenters. The van der Waals surface area contributed by atoms with Crippen LogP contribution in [0.4, 0.5) is 4.79 Å². The van der Waals surface area contributed by atoms with Crippen molar-refractivity contribution in [3.63, 3.8) is 0 Å². The Kier molecular flexibility index (Phi) is 4.89. The average molecular weight is 282 g/mol. The number of nitrogens with one attached hydrogen (secondary N) is 1. The number of hydrogen-bond acceptors (Lipinski definition) is 2. The van der Waals surface area contributed by atoms with Crippen molar-refractivity contribution in [3.8, 4) is 0 Å². The fourth-order valence-corrected chi connectivity index (χ4v) is 3.50. The van der Waals surface area contributed by atoms with Crippen molar-refractivity contribution in [2.45, 2.75) is 76.3 Å². The van der Waals surface area contributed by atoms with E-state index in [0.29, 0.717) is 12.6 Å². The largest absolute Gasteiger partial charge is 0.481 e. The third-order valence-electron chi connectivity index (χ3n) is 4.79. The van der Waals surface area contributed by atoms with Gasteiger partial charge in [0.25, 0.3) is 0 Å². The third-order valence-corrected chi connectivity index (χ3v) is 4.79. The summed E-state index contributed by atoms with van der Waals surface area (Å²) >= 11 is 0. The van der Waals surface area contributed by atoms with Gasteiger partial charge in [-0.2, -0.15) is 0 Å². The van der Waals surface area contributed by atoms with Gasteiger partial charge in [-0.3, -0.25) is 4.79 Å². The summed E-state index contributed by atoms with van der Waals surface area (Å²) in [5, 5.41) is 12.0. The highest BCUT2D eigenvalue weighted by molar-refractivity contribution is 5.77. The minimum atomic E-state index is -0.828. The Morgan fingerprint density at radius 2 is 1.85 bits per heavy atom. The number of carboxylic acids is 1. The molecule has 2 saturated carbocycles. The van der Waals surface area contributed by atoms with Gasteiger partial charge >= 0.3 is 12.0 Å². The Bertz CT molecular complexity index is 360. The molecule has 2 aliphatic carbocycles. The molecule has 0 spiro atoms. The maximum absolute atomic E-state index is 12.5. The van der Waals surface area contributed by atoms with Crippen LogP contribution in [0.25, 0.3) is 0 Å². The molecule has 0 heterocycles. The molecule has 2 N–H and O–H groups in total. The van der Waals surface area contributed by atoms with Crippen molar-refractivity contribution in [2.75, 3.05) is 6.54 Å². The normalized spacial score (nSPS) is 21.9. The highest BCUT2D eigenvalue weighted by Crippen LogP contribution is 2.35. The molecule has 0 bridgehead atoms. The number of carbonyl (C=O) groups excluding carboxylic acids is 1. The first-order valence-corrected chi connectivity index (χ1v) is 7.87. The first-order chi connectivity index (χ1) is 9.56. The van der Waals surface area contributed by atoms with Gasteiger partial charge in [0, 0.05) is 12.6 Å². The van der Waals surface area contributed by atoms with Crippen LogP contribution in [0, 0.1) is 0 Å². The Hall–Kier alpha value is -1.26. The molecule has 5 nitrogen and oxygen atoms in total. The summed E-state index contributed by atoms with van der Waals surface area (Å²) in [5.74, 6) is -0.828. The van der Waals surface area contributed by atoms with Crippen LogP contribution in [0.1, 0.15) is 64.7 Å². The lowest BCUT2D eigenvalue weighted by molar-refractivity contribution is -0.139. The minimum absolute atomic E-state index is 0.0426. The second-order valence-corrected chi connectivity index (χ2v) is 6.21. The van der Waals surface area contributed by atoms with E-state index < -0.39 is 11.5 Å². The van der Waals surface area contributed by atoms with Gasteiger partial charge < -0.3 is 15.3 Å². The fourth-order valence-electron chi connectivity index (χ4n) is 3.50. The zero-order chi connectivity index (χ0) is 14.6. The van der Waals surface area contributed by atoms with Crippen LogP contribution in [-0.2, 0) is 4.79 Å². The number of carboxylic acid groups (broad SMARTS) is 1. The van der Waals surface area contributed by atoms with Gasteiger partial charge in [0.05, 0.1) is 12.0 Å². The lowest BCUT2D eigenvalue weighted by atomic mass is 9.74. The van der Waals surface area contributed by atoms with E-state index in [-0.39, 0.29) is 12.5 Å². The van der Waals surface area contributed by atoms with E-state index in [1.54, 1.807) is 0 Å². The summed E-state index contributed by atoms with van der Waals surface area (Å²) in [6.07, 6.45) is 8.41. The number of rotatable bonds is 5. The van der Waals surface area contributed by atoms with Crippen molar-refractivity contribution in [2.24, 2.45) is 0 Å². The summed E-state index contributed by atoms with van der Waals surface area (Å²) in [5.41, 5.74) is -0.495. The third kappa shape index (κ3) is 3.44. The quantitative estimate of drug-likeness (QED) is 0.814. The Balaban J connectivity index is 1.95. The molecule has 0 radical (unpaired) electrons. The van der Waals surface area contributed by atoms with E-state index in [9.17, 15) is 9.59 Å². The molecule has 114 valence electrons. The van der Waals surface area contributed by atoms with Gasteiger partial charge in [0.1, 0.15) is 0 Å². The van der Waals surface area contributed by atoms with Gasteiger partial charge in [0.15, 0.2) is 0 Å². The summed E-state index contributed by atoms with van der Waals surface area (Å²) in [6, 6.07) is 0.260. The topological polar surface area (TPSA) is 69.6 Å². The van der Waals surface area contributed by atoms with E-state index in [2.05, 4.69) is 5.32 Å². The first kappa shape index (κ1) is 15.1. The zero-order valence-corrected chi connectivity index (χ0v) is 12.4. The predicted molar refractivity (Wildman–Crippen MR) is 76.6 cm³/mol. The SMILES string of the molecule is CCN(C(=O)NC1(CC(=O)O)CCC1)C1CCCCC1. The van der Waals surface area contributed by atoms with Crippen LogP contribution < -0.4 is 5.32 Å². The first-order valence-electron chi connectivity index (χ1n) is 7.87. The van der Waals surface area contributed by atoms with Crippen LogP contribution in [-0.4, -0.2) is 40.1 Å². The van der Waals surface area contributed by atoms with Crippen molar-refractivity contribution >= 4 is 12.0 Å². The summed E-state index contributed by atoms with van der Waals surface area (Å²) in [4.78, 5) is 25.4. The van der Waals surface area contributed by atoms with Crippen molar-refractivity contribution in [1.82, 2.24) is 10.2 Å². The molecular weight excluding hydrogens is 256 g/mol. The van der Waals surface area contributed by atoms with Gasteiger partial charge in [-0.15, -0.1) is 0 Å². The predicted octanol–water partition coefficient (Wildman–Crippen LogP) is 2.75. The van der Waals surface area contributed by atoms with E-state index in [1.165, 1.54) is 19.3 Å². The molecular formula is C15H26N2O3. The summed E-state index contributed by atoms with van der Waals surface area (Å²) in [7, 11) is 0. The molecule has 0 aliphatic heterocycles. The van der Waals surface area contributed by atoms with Gasteiger partial charge in [-0.25, -0.2) is 4.79 Å². The van der Waals surface area contributed by atoms with E-state index in [1.807, 2.05) is 11.8 Å². The van der Waals surface area contributed by atoms with Gasteiger partial charge in [-0.1, -0.05) is 19.3 Å². The lowest BCUT2D eigenvalue weighted by Crippen LogP contribution is -2.59. The van der Waals surface area contributed by atoms with Crippen LogP contribution >= 0.6 is 0 Å². The highest BCUT2D eigenvalue weighted by Gasteiger charge is 2.41. The zero-order valence-electron chi connectivity index (χ0n) is 12.4. The average Bonchev–Trinajstić information content (AvgIpc) is 2.37. The minimum Gasteiger partial charge on any atom is -0.481 e. The second-order valence-electron chi connectivity index (χ2n) is 6.21. The monoisotopic (exact) mass is 282 g/mol. The molecule has 2 aliphatic rings. The molecule has 0 saturated heterocycles. The van der Waals surface area contributed by atoms with Crippen LogP contribution in [0.3, 0.4) is 0 Å². The number of urea groups is 1. The molecule has 5 heteroatoms. The standard InChI is InChI=1S/C15H26N2O3/c1-2-17(12-7-4-3-5-8-12)14(20)16-15(9-6-10-15)11-13(18)19/h12H,2-11H2,1H3,(H,16,20)(H,18,19). The Morgan fingerprint density at radius 1 is 1.20 bits per heavy atom. The van der Waals surface area contributed by atoms with Crippen molar-refractivity contribution in [1.29, 1.82) is 0 Å². The van der Waals surface area contributed by atoms with Crippen LogP contribution in [0.2, 0.25) is 0 Å². The highest BCUT2D eigenvalue weighted by atomic mass is 16.4. The van der Waals surface area contributed by atoms with Gasteiger partial charge in [0.2, 0.25) is 0 Å². The maximum atomic E-state index is 12.5. The van der Waals surface area contributed by atoms with Crippen LogP contribution in [0.15, 0.2) is 0 Å². The van der Waals surface area contributed by atoms with E-state index in [4.69, 9.17) is 5.11 Å². The molecule has 0 atom stereocenters. The number of nitrogens with zero attached hydrogens (tertiary/aromatic N) is 1. The smallest absolute Gasteiger partial charge is 0.318 e. The van der Waals surface area contributed by atoms with Crippen molar-refractivity contribution < 1.29 is 14.7 Å². The van der Waals surface area contributed by atoms with E-state index in [0.717, 1.165) is 32.1 Å². The fraction of sp³-hybridized carbons (Fsp3) is 0.867. The van der Waals surface area contributed by atoms with Crippen LogP contribution in [0.5, 0.6) is 0 Å². The van der Waals surface area contributed by atoms with E-state index >= 15 is 0 Å². The molecule has 2 rings (SSSR count). The Morgan fingerprint density at radius 3 is 2.30 bits per heavy atom. The lowest BCUT2D eigenvalue weighted by Gasteiger charge is -2.44. The molecule has 0 aromatic heterocycles. The number of hydrogen-bond donors (Lipinski definition) is 2. The Labute approximate surface area is 120 Å². The number of amides is 2.